The van der Waals surface area contributed by atoms with Crippen molar-refractivity contribution in [1.29, 1.82) is 0 Å². The molecule has 1 fully saturated rings. The summed E-state index contributed by atoms with van der Waals surface area (Å²) in [5, 5.41) is 2.72. The molecule has 176 valence electrons. The van der Waals surface area contributed by atoms with Crippen molar-refractivity contribution in [1.82, 2.24) is 4.90 Å². The minimum absolute atomic E-state index is 0.130. The van der Waals surface area contributed by atoms with Gasteiger partial charge >= 0.3 is 6.18 Å². The van der Waals surface area contributed by atoms with E-state index < -0.39 is 23.2 Å². The number of carbonyl (C=O) groups excluding carboxylic acids is 2. The van der Waals surface area contributed by atoms with E-state index in [4.69, 9.17) is 0 Å². The Balaban J connectivity index is 1.64. The van der Waals surface area contributed by atoms with Gasteiger partial charge in [0.25, 0.3) is 0 Å². The molecule has 3 aromatic rings. The van der Waals surface area contributed by atoms with Crippen LogP contribution < -0.4 is 5.32 Å². The van der Waals surface area contributed by atoms with E-state index >= 15 is 0 Å². The van der Waals surface area contributed by atoms with Crippen LogP contribution in [0.4, 0.5) is 18.9 Å². The lowest BCUT2D eigenvalue weighted by molar-refractivity contribution is -0.141. The van der Waals surface area contributed by atoms with Gasteiger partial charge in [0.1, 0.15) is 5.54 Å². The highest BCUT2D eigenvalue weighted by atomic mass is 19.4. The summed E-state index contributed by atoms with van der Waals surface area (Å²) < 4.78 is 38.6. The van der Waals surface area contributed by atoms with Crippen LogP contribution in [0.1, 0.15) is 42.5 Å². The van der Waals surface area contributed by atoms with Crippen LogP contribution in [0.5, 0.6) is 0 Å². The summed E-state index contributed by atoms with van der Waals surface area (Å²) in [6.07, 6.45) is -3.39. The topological polar surface area (TPSA) is 49.4 Å². The van der Waals surface area contributed by atoms with Crippen molar-refractivity contribution in [3.05, 3.63) is 102 Å². The Hall–Kier alpha value is -3.61. The van der Waals surface area contributed by atoms with Gasteiger partial charge in [-0.15, -0.1) is 0 Å². The molecule has 2 atom stereocenters. The van der Waals surface area contributed by atoms with E-state index in [-0.39, 0.29) is 24.1 Å². The quantitative estimate of drug-likeness (QED) is 0.484. The molecule has 1 aliphatic rings. The summed E-state index contributed by atoms with van der Waals surface area (Å²) >= 11 is 0. The van der Waals surface area contributed by atoms with Crippen LogP contribution in [0.3, 0.4) is 0 Å². The minimum Gasteiger partial charge on any atom is -0.324 e. The first kappa shape index (κ1) is 23.5. The number of hydrogen-bond acceptors (Lipinski definition) is 2. The van der Waals surface area contributed by atoms with E-state index in [0.29, 0.717) is 12.8 Å². The largest absolute Gasteiger partial charge is 0.416 e. The maximum Gasteiger partial charge on any atom is 0.416 e. The highest BCUT2D eigenvalue weighted by Crippen LogP contribution is 2.40. The third kappa shape index (κ3) is 4.83. The Morgan fingerprint density at radius 2 is 1.56 bits per heavy atom. The lowest BCUT2D eigenvalue weighted by atomic mass is 9.91. The van der Waals surface area contributed by atoms with Gasteiger partial charge in [0.2, 0.25) is 11.8 Å². The molecule has 1 aliphatic heterocycles. The molecule has 0 saturated carbocycles. The van der Waals surface area contributed by atoms with Crippen molar-refractivity contribution in [3.63, 3.8) is 0 Å². The number of carbonyl (C=O) groups is 2. The summed E-state index contributed by atoms with van der Waals surface area (Å²) in [5.41, 5.74) is 0.241. The predicted molar refractivity (Wildman–Crippen MR) is 124 cm³/mol. The van der Waals surface area contributed by atoms with Gasteiger partial charge in [0.15, 0.2) is 0 Å². The zero-order valence-electron chi connectivity index (χ0n) is 18.7. The number of amides is 2. The lowest BCUT2D eigenvalue weighted by Crippen LogP contribution is -2.53. The molecule has 34 heavy (non-hydrogen) atoms. The molecule has 3 aromatic carbocycles. The maximum atomic E-state index is 13.4. The molecule has 0 unspecified atom stereocenters. The summed E-state index contributed by atoms with van der Waals surface area (Å²) in [6, 6.07) is 23.2. The van der Waals surface area contributed by atoms with Crippen LogP contribution in [0.15, 0.2) is 84.9 Å². The zero-order valence-corrected chi connectivity index (χ0v) is 18.7. The molecular weight excluding hydrogens is 441 g/mol. The van der Waals surface area contributed by atoms with Crippen LogP contribution in [-0.2, 0) is 22.2 Å². The second-order valence-corrected chi connectivity index (χ2v) is 8.68. The maximum absolute atomic E-state index is 13.4. The van der Waals surface area contributed by atoms with Crippen molar-refractivity contribution in [2.45, 2.75) is 43.9 Å². The van der Waals surface area contributed by atoms with Crippen molar-refractivity contribution in [2.75, 3.05) is 5.32 Å². The van der Waals surface area contributed by atoms with Gasteiger partial charge in [-0.3, -0.25) is 9.59 Å². The van der Waals surface area contributed by atoms with Crippen LogP contribution in [-0.4, -0.2) is 22.3 Å². The number of anilines is 1. The van der Waals surface area contributed by atoms with Crippen LogP contribution in [0, 0.1) is 0 Å². The van der Waals surface area contributed by atoms with Gasteiger partial charge in [-0.2, -0.15) is 13.2 Å². The predicted octanol–water partition coefficient (Wildman–Crippen LogP) is 6.01. The highest BCUT2D eigenvalue weighted by Gasteiger charge is 2.50. The summed E-state index contributed by atoms with van der Waals surface area (Å²) in [7, 11) is 0. The van der Waals surface area contributed by atoms with E-state index in [2.05, 4.69) is 5.32 Å². The summed E-state index contributed by atoms with van der Waals surface area (Å²) in [4.78, 5) is 28.2. The number of alkyl halides is 3. The monoisotopic (exact) mass is 466 g/mol. The van der Waals surface area contributed by atoms with E-state index in [9.17, 15) is 22.8 Å². The fraction of sp³-hybridized carbons (Fsp3) is 0.259. The van der Waals surface area contributed by atoms with Crippen molar-refractivity contribution in [3.8, 4) is 0 Å². The first-order valence-electron chi connectivity index (χ1n) is 11.1. The number of benzene rings is 3. The van der Waals surface area contributed by atoms with Gasteiger partial charge in [0.05, 0.1) is 11.6 Å². The smallest absolute Gasteiger partial charge is 0.324 e. The fourth-order valence-electron chi connectivity index (χ4n) is 4.49. The number of halogens is 3. The number of likely N-dealkylation sites (tertiary alicyclic amines) is 1. The fourth-order valence-corrected chi connectivity index (χ4v) is 4.49. The number of rotatable bonds is 6. The SMILES string of the molecule is C[C@]1(C(=O)Nc2ccc(C(F)(F)F)cc2)CCC(=O)N1[C@@H](Cc1ccccc1)c1ccccc1. The molecule has 0 aliphatic carbocycles. The molecule has 0 radical (unpaired) electrons. The molecule has 1 heterocycles. The number of nitrogens with zero attached hydrogens (tertiary/aromatic N) is 1. The Bertz CT molecular complexity index is 1150. The van der Waals surface area contributed by atoms with Crippen LogP contribution in [0.2, 0.25) is 0 Å². The molecule has 0 aromatic heterocycles. The van der Waals surface area contributed by atoms with Gasteiger partial charge in [0, 0.05) is 12.1 Å². The van der Waals surface area contributed by atoms with E-state index in [1.807, 2.05) is 60.7 Å². The van der Waals surface area contributed by atoms with Crippen LogP contribution >= 0.6 is 0 Å². The van der Waals surface area contributed by atoms with Crippen molar-refractivity contribution < 1.29 is 22.8 Å². The standard InChI is InChI=1S/C27H25F3N2O2/c1-26(25(34)31-22-14-12-21(13-15-22)27(28,29)30)17-16-24(33)32(26)23(20-10-6-3-7-11-20)18-19-8-4-2-5-9-19/h2-15,23H,16-18H2,1H3,(H,31,34)/t23-,26+/m0/s1. The molecule has 1 saturated heterocycles. The van der Waals surface area contributed by atoms with Crippen LogP contribution in [0.25, 0.3) is 0 Å². The Kier molecular flexibility index (Phi) is 6.46. The van der Waals surface area contributed by atoms with Gasteiger partial charge in [-0.25, -0.2) is 0 Å². The zero-order chi connectivity index (χ0) is 24.3. The molecule has 4 rings (SSSR count). The number of nitrogens with one attached hydrogen (secondary N) is 1. The molecule has 4 nitrogen and oxygen atoms in total. The molecular formula is C27H25F3N2O2. The van der Waals surface area contributed by atoms with Gasteiger partial charge in [-0.1, -0.05) is 60.7 Å². The summed E-state index contributed by atoms with van der Waals surface area (Å²) in [6.45, 7) is 1.72. The van der Waals surface area contributed by atoms with Gasteiger partial charge in [-0.05, 0) is 55.2 Å². The lowest BCUT2D eigenvalue weighted by Gasteiger charge is -2.40. The van der Waals surface area contributed by atoms with Crippen molar-refractivity contribution in [2.24, 2.45) is 0 Å². The summed E-state index contributed by atoms with van der Waals surface area (Å²) in [5.74, 6) is -0.554. The Morgan fingerprint density at radius 1 is 0.971 bits per heavy atom. The average Bonchev–Trinajstić information content (AvgIpc) is 3.14. The average molecular weight is 467 g/mol. The third-order valence-electron chi connectivity index (χ3n) is 6.35. The second-order valence-electron chi connectivity index (χ2n) is 8.68. The number of hydrogen-bond donors (Lipinski definition) is 1. The minimum atomic E-state index is -4.45. The molecule has 2 amide bonds. The third-order valence-corrected chi connectivity index (χ3v) is 6.35. The Labute approximate surface area is 196 Å². The van der Waals surface area contributed by atoms with E-state index in [0.717, 1.165) is 23.3 Å². The molecule has 1 N–H and O–H groups in total. The highest BCUT2D eigenvalue weighted by molar-refractivity contribution is 6.02. The van der Waals surface area contributed by atoms with Gasteiger partial charge < -0.3 is 10.2 Å². The van der Waals surface area contributed by atoms with E-state index in [1.54, 1.807) is 11.8 Å². The second kappa shape index (κ2) is 9.33. The molecule has 0 bridgehead atoms. The van der Waals surface area contributed by atoms with Crippen molar-refractivity contribution >= 4 is 17.5 Å². The molecule has 0 spiro atoms. The normalized spacial score (nSPS) is 19.2. The first-order chi connectivity index (χ1) is 16.2. The Morgan fingerprint density at radius 3 is 2.15 bits per heavy atom. The molecule has 7 heteroatoms. The first-order valence-corrected chi connectivity index (χ1v) is 11.1. The van der Waals surface area contributed by atoms with E-state index in [1.165, 1.54) is 12.1 Å².